The second kappa shape index (κ2) is 8.41. The summed E-state index contributed by atoms with van der Waals surface area (Å²) < 4.78 is 2.36. The van der Waals surface area contributed by atoms with E-state index in [2.05, 4.69) is 96.0 Å². The van der Waals surface area contributed by atoms with Crippen molar-refractivity contribution in [1.82, 2.24) is 0 Å². The van der Waals surface area contributed by atoms with Gasteiger partial charge in [0.15, 0.2) is 0 Å². The van der Waals surface area contributed by atoms with Crippen molar-refractivity contribution in [2.45, 2.75) is 83.5 Å². The molecule has 0 nitrogen and oxygen atoms in total. The molecule has 0 N–H and O–H groups in total. The molecule has 0 aromatic heterocycles. The maximum Gasteiger partial charge on any atom is 0.0178 e. The summed E-state index contributed by atoms with van der Waals surface area (Å²) in [6.07, 6.45) is 9.34. The van der Waals surface area contributed by atoms with Crippen LogP contribution in [0, 0.1) is 0 Å². The Hall–Kier alpha value is -0.600. The van der Waals surface area contributed by atoms with Gasteiger partial charge in [0, 0.05) is 14.4 Å². The van der Waals surface area contributed by atoms with Crippen LogP contribution in [-0.2, 0) is 10.8 Å². The van der Waals surface area contributed by atoms with Crippen LogP contribution in [0.5, 0.6) is 0 Å². The monoisotopic (exact) mass is 490 g/mol. The van der Waals surface area contributed by atoms with Gasteiger partial charge in [-0.3, -0.25) is 0 Å². The number of fused-ring (bicyclic) bond motifs is 3. The summed E-state index contributed by atoms with van der Waals surface area (Å²) in [5.41, 5.74) is 6.00. The van der Waals surface area contributed by atoms with E-state index >= 15 is 0 Å². The standard InChI is InChI=1S/C25H32Br2/c1-5-6-7-8-9-10-15-25(4)23-17-19(27)12-14-21(23)20-13-11-18(26)16-22(20)24(25,2)3/h11-14,16-17H,5-10,15H2,1-4H3. The fourth-order valence-corrected chi connectivity index (χ4v) is 5.54. The topological polar surface area (TPSA) is 0 Å². The summed E-state index contributed by atoms with van der Waals surface area (Å²) in [7, 11) is 0. The first kappa shape index (κ1) is 21.1. The molecule has 0 saturated carbocycles. The lowest BCUT2D eigenvalue weighted by Crippen LogP contribution is -2.46. The normalized spacial score (nSPS) is 20.2. The first-order valence-electron chi connectivity index (χ1n) is 10.4. The number of hydrogen-bond donors (Lipinski definition) is 0. The SMILES string of the molecule is CCCCCCCCC1(C)c2cc(Br)ccc2-c2ccc(Br)cc2C1(C)C. The molecule has 2 heteroatoms. The van der Waals surface area contributed by atoms with Crippen LogP contribution in [0.2, 0.25) is 0 Å². The smallest absolute Gasteiger partial charge is 0.0178 e. The molecule has 0 radical (unpaired) electrons. The molecule has 0 saturated heterocycles. The average Bonchev–Trinajstić information content (AvgIpc) is 2.63. The zero-order chi connectivity index (χ0) is 19.7. The van der Waals surface area contributed by atoms with E-state index in [9.17, 15) is 0 Å². The van der Waals surface area contributed by atoms with Crippen molar-refractivity contribution in [3.8, 4) is 11.1 Å². The van der Waals surface area contributed by atoms with Crippen molar-refractivity contribution in [3.05, 3.63) is 56.5 Å². The highest BCUT2D eigenvalue weighted by Crippen LogP contribution is 2.56. The molecule has 1 unspecified atom stereocenters. The summed E-state index contributed by atoms with van der Waals surface area (Å²) in [6, 6.07) is 13.7. The molecule has 0 aliphatic heterocycles. The van der Waals surface area contributed by atoms with Crippen molar-refractivity contribution in [2.24, 2.45) is 0 Å². The zero-order valence-corrected chi connectivity index (χ0v) is 20.3. The predicted octanol–water partition coefficient (Wildman–Crippen LogP) is 9.18. The van der Waals surface area contributed by atoms with Gasteiger partial charge < -0.3 is 0 Å². The van der Waals surface area contributed by atoms with Gasteiger partial charge in [-0.25, -0.2) is 0 Å². The summed E-state index contributed by atoms with van der Waals surface area (Å²) >= 11 is 7.45. The largest absolute Gasteiger partial charge is 0.0654 e. The minimum Gasteiger partial charge on any atom is -0.0654 e. The Morgan fingerprint density at radius 3 is 1.85 bits per heavy atom. The molecule has 0 bridgehead atoms. The van der Waals surface area contributed by atoms with Gasteiger partial charge in [-0.2, -0.15) is 0 Å². The van der Waals surface area contributed by atoms with Gasteiger partial charge in [0.05, 0.1) is 0 Å². The first-order chi connectivity index (χ1) is 12.8. The summed E-state index contributed by atoms with van der Waals surface area (Å²) in [5.74, 6) is 0. The van der Waals surface area contributed by atoms with Crippen LogP contribution in [0.4, 0.5) is 0 Å². The summed E-state index contributed by atoms with van der Waals surface area (Å²) in [5, 5.41) is 0. The molecule has 2 aromatic rings. The first-order valence-corrected chi connectivity index (χ1v) is 12.0. The molecule has 0 heterocycles. The number of benzene rings is 2. The van der Waals surface area contributed by atoms with Gasteiger partial charge in [0.2, 0.25) is 0 Å². The Labute approximate surface area is 182 Å². The van der Waals surface area contributed by atoms with Gasteiger partial charge in [-0.05, 0) is 58.4 Å². The average molecular weight is 492 g/mol. The minimum atomic E-state index is 0.0866. The van der Waals surface area contributed by atoms with E-state index < -0.39 is 0 Å². The Morgan fingerprint density at radius 2 is 1.22 bits per heavy atom. The molecule has 1 aliphatic rings. The number of unbranched alkanes of at least 4 members (excludes halogenated alkanes) is 5. The second-order valence-corrected chi connectivity index (χ2v) is 10.7. The van der Waals surface area contributed by atoms with Gasteiger partial charge in [0.1, 0.15) is 0 Å². The van der Waals surface area contributed by atoms with Crippen LogP contribution in [0.3, 0.4) is 0 Å². The van der Waals surface area contributed by atoms with Crippen molar-refractivity contribution in [3.63, 3.8) is 0 Å². The van der Waals surface area contributed by atoms with Crippen LogP contribution in [-0.4, -0.2) is 0 Å². The van der Waals surface area contributed by atoms with Gasteiger partial charge in [-0.1, -0.05) is 110 Å². The molecule has 0 spiro atoms. The quantitative estimate of drug-likeness (QED) is 0.338. The molecule has 3 rings (SSSR count). The number of rotatable bonds is 7. The Bertz CT molecular complexity index is 806. The van der Waals surface area contributed by atoms with Crippen LogP contribution >= 0.6 is 31.9 Å². The van der Waals surface area contributed by atoms with Crippen molar-refractivity contribution in [2.75, 3.05) is 0 Å². The fourth-order valence-electron chi connectivity index (χ4n) is 4.82. The number of halogens is 2. The van der Waals surface area contributed by atoms with Crippen LogP contribution in [0.25, 0.3) is 11.1 Å². The highest BCUT2D eigenvalue weighted by molar-refractivity contribution is 9.10. The van der Waals surface area contributed by atoms with Gasteiger partial charge >= 0.3 is 0 Å². The second-order valence-electron chi connectivity index (χ2n) is 8.85. The van der Waals surface area contributed by atoms with Gasteiger partial charge in [-0.15, -0.1) is 0 Å². The third-order valence-electron chi connectivity index (χ3n) is 6.93. The highest BCUT2D eigenvalue weighted by Gasteiger charge is 2.48. The van der Waals surface area contributed by atoms with Gasteiger partial charge in [0.25, 0.3) is 0 Å². The molecule has 2 aromatic carbocycles. The minimum absolute atomic E-state index is 0.0866. The maximum absolute atomic E-state index is 3.73. The maximum atomic E-state index is 3.73. The van der Waals surface area contributed by atoms with E-state index in [-0.39, 0.29) is 10.8 Å². The number of hydrogen-bond acceptors (Lipinski definition) is 0. The highest BCUT2D eigenvalue weighted by atomic mass is 79.9. The summed E-state index contributed by atoms with van der Waals surface area (Å²) in [6.45, 7) is 9.67. The lowest BCUT2D eigenvalue weighted by atomic mass is 9.53. The van der Waals surface area contributed by atoms with E-state index in [0.717, 1.165) is 0 Å². The molecular formula is C25H32Br2. The zero-order valence-electron chi connectivity index (χ0n) is 17.2. The molecule has 146 valence electrons. The van der Waals surface area contributed by atoms with Crippen LogP contribution in [0.1, 0.15) is 83.8 Å². The van der Waals surface area contributed by atoms with E-state index in [1.165, 1.54) is 76.1 Å². The van der Waals surface area contributed by atoms with E-state index in [1.807, 2.05) is 0 Å². The van der Waals surface area contributed by atoms with Crippen LogP contribution in [0.15, 0.2) is 45.3 Å². The van der Waals surface area contributed by atoms with Crippen molar-refractivity contribution in [1.29, 1.82) is 0 Å². The molecule has 1 atom stereocenters. The van der Waals surface area contributed by atoms with E-state index in [1.54, 1.807) is 0 Å². The third kappa shape index (κ3) is 3.94. The lowest BCUT2D eigenvalue weighted by Gasteiger charge is -2.51. The van der Waals surface area contributed by atoms with Crippen LogP contribution < -0.4 is 0 Å². The molecule has 1 aliphatic carbocycles. The molecule has 27 heavy (non-hydrogen) atoms. The summed E-state index contributed by atoms with van der Waals surface area (Å²) in [4.78, 5) is 0. The Balaban J connectivity index is 1.99. The lowest BCUT2D eigenvalue weighted by molar-refractivity contribution is 0.245. The Kier molecular flexibility index (Phi) is 6.58. The van der Waals surface area contributed by atoms with E-state index in [0.29, 0.717) is 0 Å². The van der Waals surface area contributed by atoms with Crippen molar-refractivity contribution < 1.29 is 0 Å². The predicted molar refractivity (Wildman–Crippen MR) is 126 cm³/mol. The Morgan fingerprint density at radius 1 is 0.704 bits per heavy atom. The molecular weight excluding hydrogens is 460 g/mol. The molecule has 0 fully saturated rings. The molecule has 0 amide bonds. The third-order valence-corrected chi connectivity index (χ3v) is 7.92. The van der Waals surface area contributed by atoms with Crippen molar-refractivity contribution >= 4 is 31.9 Å². The fraction of sp³-hybridized carbons (Fsp3) is 0.520. The van der Waals surface area contributed by atoms with E-state index in [4.69, 9.17) is 0 Å².